The molecule has 0 saturated heterocycles. The number of aliphatic hydroxyl groups is 1. The minimum Gasteiger partial charge on any atom is -0.443 e. The molecular weight excluding hydrogens is 248 g/mol. The van der Waals surface area contributed by atoms with E-state index < -0.39 is 23.8 Å². The normalized spacial score (nSPS) is 18.2. The highest BCUT2D eigenvalue weighted by Gasteiger charge is 2.37. The average molecular weight is 264 g/mol. The summed E-state index contributed by atoms with van der Waals surface area (Å²) < 4.78 is 5.04. The number of nitrogens with zero attached hydrogens (tertiary/aromatic N) is 1. The predicted octanol–water partition coefficient (Wildman–Crippen LogP) is 1.57. The fourth-order valence-electron chi connectivity index (χ4n) is 1.81. The van der Waals surface area contributed by atoms with Gasteiger partial charge in [-0.05, 0) is 26.8 Å². The number of hydrazine groups is 1. The molecule has 0 aliphatic carbocycles. The molecule has 0 fully saturated rings. The number of hydrogen-bond acceptors (Lipinski definition) is 4. The van der Waals surface area contributed by atoms with Crippen molar-refractivity contribution in [3.05, 3.63) is 35.4 Å². The van der Waals surface area contributed by atoms with E-state index in [9.17, 15) is 14.7 Å². The smallest absolute Gasteiger partial charge is 0.426 e. The Bertz CT molecular complexity index is 522. The van der Waals surface area contributed by atoms with Gasteiger partial charge < -0.3 is 9.84 Å². The number of aliphatic hydroxyl groups excluding tert-OH is 1. The van der Waals surface area contributed by atoms with Gasteiger partial charge in [-0.1, -0.05) is 18.2 Å². The van der Waals surface area contributed by atoms with Crippen LogP contribution in [0.5, 0.6) is 0 Å². The molecule has 19 heavy (non-hydrogen) atoms. The first kappa shape index (κ1) is 13.4. The van der Waals surface area contributed by atoms with E-state index in [1.165, 1.54) is 0 Å². The van der Waals surface area contributed by atoms with Gasteiger partial charge in [-0.3, -0.25) is 4.79 Å². The molecule has 1 aliphatic heterocycles. The molecule has 1 heterocycles. The quantitative estimate of drug-likeness (QED) is 0.807. The molecule has 0 radical (unpaired) electrons. The van der Waals surface area contributed by atoms with E-state index in [-0.39, 0.29) is 0 Å². The monoisotopic (exact) mass is 264 g/mol. The fraction of sp³-hybridized carbons (Fsp3) is 0.385. The first-order valence-electron chi connectivity index (χ1n) is 5.90. The number of carbonyl (C=O) groups excluding carboxylic acids is 2. The van der Waals surface area contributed by atoms with Gasteiger partial charge in [0.15, 0.2) is 6.23 Å². The molecular formula is C13H16N2O4. The SMILES string of the molecule is CC(C)(C)OC(=O)NN1C(=O)c2ccccc2C1O. The lowest BCUT2D eigenvalue weighted by atomic mass is 10.1. The summed E-state index contributed by atoms with van der Waals surface area (Å²) in [5.41, 5.74) is 2.41. The van der Waals surface area contributed by atoms with E-state index in [0.29, 0.717) is 11.1 Å². The van der Waals surface area contributed by atoms with Crippen LogP contribution in [0.25, 0.3) is 0 Å². The molecule has 1 aliphatic rings. The van der Waals surface area contributed by atoms with E-state index in [1.54, 1.807) is 45.0 Å². The van der Waals surface area contributed by atoms with Gasteiger partial charge in [-0.2, -0.15) is 0 Å². The third-order valence-corrected chi connectivity index (χ3v) is 2.54. The van der Waals surface area contributed by atoms with Crippen molar-refractivity contribution in [1.82, 2.24) is 10.4 Å². The minimum absolute atomic E-state index is 0.367. The Kier molecular flexibility index (Phi) is 3.20. The summed E-state index contributed by atoms with van der Waals surface area (Å²) in [6.07, 6.45) is -1.98. The molecule has 1 aromatic carbocycles. The van der Waals surface area contributed by atoms with Crippen molar-refractivity contribution in [2.75, 3.05) is 0 Å². The molecule has 0 aromatic heterocycles. The molecule has 2 N–H and O–H groups in total. The Balaban J connectivity index is 2.12. The molecule has 1 aromatic rings. The van der Waals surface area contributed by atoms with Crippen LogP contribution >= 0.6 is 0 Å². The maximum Gasteiger partial charge on any atom is 0.426 e. The molecule has 6 heteroatoms. The first-order valence-corrected chi connectivity index (χ1v) is 5.90. The molecule has 0 saturated carbocycles. The second kappa shape index (κ2) is 4.55. The standard InChI is InChI=1S/C13H16N2O4/c1-13(2,3)19-12(18)14-15-10(16)8-6-4-5-7-9(8)11(15)17/h4-7,10,16H,1-3H3,(H,14,18). The van der Waals surface area contributed by atoms with Crippen molar-refractivity contribution in [2.24, 2.45) is 0 Å². The van der Waals surface area contributed by atoms with Crippen molar-refractivity contribution in [3.63, 3.8) is 0 Å². The molecule has 2 rings (SSSR count). The number of hydrogen-bond donors (Lipinski definition) is 2. The molecule has 2 amide bonds. The summed E-state index contributed by atoms with van der Waals surface area (Å²) in [6.45, 7) is 5.14. The molecule has 0 bridgehead atoms. The van der Waals surface area contributed by atoms with Crippen molar-refractivity contribution >= 4 is 12.0 Å². The zero-order valence-electron chi connectivity index (χ0n) is 11.0. The van der Waals surface area contributed by atoms with Crippen molar-refractivity contribution in [1.29, 1.82) is 0 Å². The molecule has 1 unspecified atom stereocenters. The summed E-state index contributed by atoms with van der Waals surface area (Å²) >= 11 is 0. The molecule has 0 spiro atoms. The van der Waals surface area contributed by atoms with Gasteiger partial charge >= 0.3 is 6.09 Å². The topological polar surface area (TPSA) is 78.9 Å². The summed E-state index contributed by atoms with van der Waals surface area (Å²) in [6, 6.07) is 6.64. The van der Waals surface area contributed by atoms with Crippen LogP contribution in [-0.4, -0.2) is 27.7 Å². The number of amides is 2. The summed E-state index contributed by atoms with van der Waals surface area (Å²) in [5, 5.41) is 10.9. The molecule has 1 atom stereocenters. The lowest BCUT2D eigenvalue weighted by molar-refractivity contribution is -0.0211. The summed E-state index contributed by atoms with van der Waals surface area (Å²) in [4.78, 5) is 23.6. The largest absolute Gasteiger partial charge is 0.443 e. The molecule has 6 nitrogen and oxygen atoms in total. The van der Waals surface area contributed by atoms with Gasteiger partial charge in [-0.25, -0.2) is 15.2 Å². The fourth-order valence-corrected chi connectivity index (χ4v) is 1.81. The van der Waals surface area contributed by atoms with Crippen molar-refractivity contribution < 1.29 is 19.4 Å². The zero-order chi connectivity index (χ0) is 14.2. The highest BCUT2D eigenvalue weighted by molar-refractivity contribution is 5.99. The third kappa shape index (κ3) is 2.68. The summed E-state index contributed by atoms with van der Waals surface area (Å²) in [5.74, 6) is -0.464. The van der Waals surface area contributed by atoms with E-state index in [0.717, 1.165) is 5.01 Å². The summed E-state index contributed by atoms with van der Waals surface area (Å²) in [7, 11) is 0. The van der Waals surface area contributed by atoms with Crippen LogP contribution < -0.4 is 5.43 Å². The predicted molar refractivity (Wildman–Crippen MR) is 66.9 cm³/mol. The van der Waals surface area contributed by atoms with Crippen LogP contribution in [0.4, 0.5) is 4.79 Å². The van der Waals surface area contributed by atoms with E-state index in [1.807, 2.05) is 0 Å². The highest BCUT2D eigenvalue weighted by Crippen LogP contribution is 2.29. The molecule has 102 valence electrons. The number of nitrogens with one attached hydrogen (secondary N) is 1. The van der Waals surface area contributed by atoms with Crippen LogP contribution in [0, 0.1) is 0 Å². The number of benzene rings is 1. The Morgan fingerprint density at radius 3 is 2.58 bits per heavy atom. The Morgan fingerprint density at radius 1 is 1.37 bits per heavy atom. The van der Waals surface area contributed by atoms with E-state index in [2.05, 4.69) is 5.43 Å². The number of carbonyl (C=O) groups is 2. The lowest BCUT2D eigenvalue weighted by Gasteiger charge is -2.25. The van der Waals surface area contributed by atoms with E-state index in [4.69, 9.17) is 4.74 Å². The van der Waals surface area contributed by atoms with Gasteiger partial charge in [0.25, 0.3) is 5.91 Å². The average Bonchev–Trinajstić information content (AvgIpc) is 2.53. The maximum absolute atomic E-state index is 12.0. The van der Waals surface area contributed by atoms with Crippen LogP contribution in [0.3, 0.4) is 0 Å². The van der Waals surface area contributed by atoms with Crippen LogP contribution in [0.1, 0.15) is 42.9 Å². The van der Waals surface area contributed by atoms with Crippen molar-refractivity contribution in [3.8, 4) is 0 Å². The number of ether oxygens (including phenoxy) is 1. The maximum atomic E-state index is 12.0. The lowest BCUT2D eigenvalue weighted by Crippen LogP contribution is -2.46. The first-order chi connectivity index (χ1) is 8.79. The van der Waals surface area contributed by atoms with Gasteiger partial charge in [-0.15, -0.1) is 0 Å². The second-order valence-electron chi connectivity index (χ2n) is 5.25. The Morgan fingerprint density at radius 2 is 2.00 bits per heavy atom. The number of rotatable bonds is 1. The van der Waals surface area contributed by atoms with Crippen molar-refractivity contribution in [2.45, 2.75) is 32.6 Å². The van der Waals surface area contributed by atoms with Crippen LogP contribution in [-0.2, 0) is 4.74 Å². The minimum atomic E-state index is -1.20. The second-order valence-corrected chi connectivity index (χ2v) is 5.25. The highest BCUT2D eigenvalue weighted by atomic mass is 16.6. The Hall–Kier alpha value is -2.08. The van der Waals surface area contributed by atoms with Gasteiger partial charge in [0.1, 0.15) is 5.60 Å². The zero-order valence-corrected chi connectivity index (χ0v) is 11.0. The van der Waals surface area contributed by atoms with Crippen LogP contribution in [0.2, 0.25) is 0 Å². The van der Waals surface area contributed by atoms with E-state index >= 15 is 0 Å². The van der Waals surface area contributed by atoms with Gasteiger partial charge in [0.05, 0.1) is 0 Å². The third-order valence-electron chi connectivity index (χ3n) is 2.54. The Labute approximate surface area is 110 Å². The van der Waals surface area contributed by atoms with Gasteiger partial charge in [0, 0.05) is 11.1 Å². The van der Waals surface area contributed by atoms with Crippen LogP contribution in [0.15, 0.2) is 24.3 Å². The van der Waals surface area contributed by atoms with Gasteiger partial charge in [0.2, 0.25) is 0 Å². The number of fused-ring (bicyclic) bond motifs is 1.